The van der Waals surface area contributed by atoms with Crippen LogP contribution in [0.1, 0.15) is 21.5 Å². The van der Waals surface area contributed by atoms with Gasteiger partial charge in [-0.25, -0.2) is 0 Å². The summed E-state index contributed by atoms with van der Waals surface area (Å²) < 4.78 is 28.3. The van der Waals surface area contributed by atoms with E-state index in [1.165, 1.54) is 18.2 Å². The van der Waals surface area contributed by atoms with Crippen molar-refractivity contribution in [1.82, 2.24) is 0 Å². The number of carbonyl (C=O) groups is 1. The highest BCUT2D eigenvalue weighted by Gasteiger charge is 2.03. The van der Waals surface area contributed by atoms with E-state index in [0.29, 0.717) is 5.56 Å². The summed E-state index contributed by atoms with van der Waals surface area (Å²) in [6, 6.07) is 13.4. The van der Waals surface area contributed by atoms with Crippen LogP contribution in [0.4, 0.5) is 8.78 Å². The van der Waals surface area contributed by atoms with Crippen LogP contribution in [0.3, 0.4) is 0 Å². The molecule has 0 saturated carbocycles. The summed E-state index contributed by atoms with van der Waals surface area (Å²) in [6.07, 6.45) is 3.09. The fourth-order valence-corrected chi connectivity index (χ4v) is 1.75. The van der Waals surface area contributed by atoms with Gasteiger partial charge < -0.3 is 4.74 Å². The van der Waals surface area contributed by atoms with Gasteiger partial charge in [-0.2, -0.15) is 8.78 Å². The van der Waals surface area contributed by atoms with Crippen LogP contribution in [-0.2, 0) is 0 Å². The first-order chi connectivity index (χ1) is 10.0. The molecule has 0 fully saturated rings. The molecule has 0 aliphatic heterocycles. The van der Waals surface area contributed by atoms with Crippen LogP contribution >= 0.6 is 0 Å². The van der Waals surface area contributed by atoms with Crippen molar-refractivity contribution in [3.05, 3.63) is 71.3 Å². The van der Waals surface area contributed by atoms with Gasteiger partial charge in [0.25, 0.3) is 0 Å². The first-order valence-corrected chi connectivity index (χ1v) is 6.38. The molecule has 0 heterocycles. The Morgan fingerprint density at radius 3 is 2.24 bits per heavy atom. The summed E-state index contributed by atoms with van der Waals surface area (Å²) in [5.74, 6) is -0.0186. The number of halogens is 2. The lowest BCUT2D eigenvalue weighted by molar-refractivity contribution is -0.0498. The Morgan fingerprint density at radius 1 is 1.05 bits per heavy atom. The lowest BCUT2D eigenvalue weighted by atomic mass is 10.1. The molecule has 0 bridgehead atoms. The lowest BCUT2D eigenvalue weighted by Crippen LogP contribution is -2.01. The summed E-state index contributed by atoms with van der Waals surface area (Å²) in [7, 11) is 0. The number of allylic oxidation sites excluding steroid dienone is 1. The molecule has 0 amide bonds. The van der Waals surface area contributed by atoms with Crippen molar-refractivity contribution in [2.45, 2.75) is 13.5 Å². The predicted octanol–water partition coefficient (Wildman–Crippen LogP) is 4.49. The van der Waals surface area contributed by atoms with E-state index in [0.717, 1.165) is 11.1 Å². The molecule has 0 spiro atoms. The summed E-state index contributed by atoms with van der Waals surface area (Å²) in [5, 5.41) is 0. The van der Waals surface area contributed by atoms with E-state index in [-0.39, 0.29) is 11.5 Å². The highest BCUT2D eigenvalue weighted by molar-refractivity contribution is 6.06. The Bertz CT molecular complexity index is 629. The van der Waals surface area contributed by atoms with Crippen molar-refractivity contribution in [3.8, 4) is 5.75 Å². The molecular formula is C17H14F2O2. The summed E-state index contributed by atoms with van der Waals surface area (Å²) in [5.41, 5.74) is 2.43. The minimum Gasteiger partial charge on any atom is -0.435 e. The first-order valence-electron chi connectivity index (χ1n) is 6.38. The number of benzene rings is 2. The van der Waals surface area contributed by atoms with Crippen LogP contribution in [0.2, 0.25) is 0 Å². The molecular weight excluding hydrogens is 274 g/mol. The first kappa shape index (κ1) is 14.9. The van der Waals surface area contributed by atoms with Crippen LogP contribution in [0, 0.1) is 6.92 Å². The molecule has 2 aromatic carbocycles. The van der Waals surface area contributed by atoms with E-state index in [2.05, 4.69) is 4.74 Å². The molecule has 2 aromatic rings. The van der Waals surface area contributed by atoms with Crippen molar-refractivity contribution in [3.63, 3.8) is 0 Å². The summed E-state index contributed by atoms with van der Waals surface area (Å²) in [4.78, 5) is 11.9. The maximum Gasteiger partial charge on any atom is 0.387 e. The van der Waals surface area contributed by atoms with E-state index >= 15 is 0 Å². The van der Waals surface area contributed by atoms with E-state index in [4.69, 9.17) is 0 Å². The summed E-state index contributed by atoms with van der Waals surface area (Å²) in [6.45, 7) is -0.887. The van der Waals surface area contributed by atoms with Gasteiger partial charge in [-0.3, -0.25) is 4.79 Å². The molecule has 108 valence electrons. The molecule has 0 aliphatic rings. The van der Waals surface area contributed by atoms with Gasteiger partial charge in [-0.15, -0.1) is 0 Å². The van der Waals surface area contributed by atoms with Crippen LogP contribution in [0.15, 0.2) is 54.6 Å². The third-order valence-corrected chi connectivity index (χ3v) is 2.87. The number of carbonyl (C=O) groups excluding carboxylic acids is 1. The Hall–Kier alpha value is -2.49. The number of rotatable bonds is 5. The number of alkyl halides is 2. The normalized spacial score (nSPS) is 11.0. The van der Waals surface area contributed by atoms with Crippen molar-refractivity contribution >= 4 is 11.9 Å². The van der Waals surface area contributed by atoms with Crippen molar-refractivity contribution in [1.29, 1.82) is 0 Å². The van der Waals surface area contributed by atoms with Gasteiger partial charge in [-0.1, -0.05) is 48.0 Å². The lowest BCUT2D eigenvalue weighted by Gasteiger charge is -2.03. The number of ether oxygens (including phenoxy) is 1. The average Bonchev–Trinajstić information content (AvgIpc) is 2.46. The molecule has 0 unspecified atom stereocenters. The zero-order valence-electron chi connectivity index (χ0n) is 11.4. The Labute approximate surface area is 121 Å². The smallest absolute Gasteiger partial charge is 0.387 e. The molecule has 0 aromatic heterocycles. The van der Waals surface area contributed by atoms with Gasteiger partial charge in [0.1, 0.15) is 5.75 Å². The van der Waals surface area contributed by atoms with Gasteiger partial charge in [0.2, 0.25) is 0 Å². The van der Waals surface area contributed by atoms with Crippen LogP contribution < -0.4 is 4.74 Å². The van der Waals surface area contributed by atoms with Crippen LogP contribution in [0.5, 0.6) is 5.75 Å². The van der Waals surface area contributed by atoms with Crippen LogP contribution in [0.25, 0.3) is 6.08 Å². The molecule has 2 rings (SSSR count). The molecule has 0 N–H and O–H groups in total. The SMILES string of the molecule is Cc1ccc(C(=O)/C=C/c2ccc(OC(F)F)cc2)cc1. The minimum absolute atomic E-state index is 0.0898. The third kappa shape index (κ3) is 4.53. The molecule has 0 saturated heterocycles. The van der Waals surface area contributed by atoms with Crippen LogP contribution in [-0.4, -0.2) is 12.4 Å². The largest absolute Gasteiger partial charge is 0.435 e. The highest BCUT2D eigenvalue weighted by Crippen LogP contribution is 2.16. The number of ketones is 1. The molecule has 0 radical (unpaired) electrons. The van der Waals surface area contributed by atoms with Gasteiger partial charge in [0.15, 0.2) is 5.78 Å². The minimum atomic E-state index is -2.84. The van der Waals surface area contributed by atoms with Gasteiger partial charge in [0.05, 0.1) is 0 Å². The quantitative estimate of drug-likeness (QED) is 0.598. The van der Waals surface area contributed by atoms with Crippen molar-refractivity contribution in [2.75, 3.05) is 0 Å². The fraction of sp³-hybridized carbons (Fsp3) is 0.118. The number of hydrogen-bond donors (Lipinski definition) is 0. The van der Waals surface area contributed by atoms with Crippen molar-refractivity contribution in [2.24, 2.45) is 0 Å². The molecule has 0 aliphatic carbocycles. The highest BCUT2D eigenvalue weighted by atomic mass is 19.3. The monoisotopic (exact) mass is 288 g/mol. The number of hydrogen-bond acceptors (Lipinski definition) is 2. The second-order valence-electron chi connectivity index (χ2n) is 4.51. The Morgan fingerprint density at radius 2 is 1.67 bits per heavy atom. The maximum absolute atomic E-state index is 12.0. The molecule has 2 nitrogen and oxygen atoms in total. The number of aryl methyl sites for hydroxylation is 1. The zero-order valence-corrected chi connectivity index (χ0v) is 11.4. The van der Waals surface area contributed by atoms with Gasteiger partial charge >= 0.3 is 6.61 Å². The van der Waals surface area contributed by atoms with E-state index in [9.17, 15) is 13.6 Å². The topological polar surface area (TPSA) is 26.3 Å². The average molecular weight is 288 g/mol. The Balaban J connectivity index is 2.03. The third-order valence-electron chi connectivity index (χ3n) is 2.87. The predicted molar refractivity (Wildman–Crippen MR) is 77.6 cm³/mol. The second kappa shape index (κ2) is 6.79. The van der Waals surface area contributed by atoms with E-state index < -0.39 is 6.61 Å². The zero-order chi connectivity index (χ0) is 15.2. The van der Waals surface area contributed by atoms with E-state index in [1.807, 2.05) is 19.1 Å². The van der Waals surface area contributed by atoms with Gasteiger partial charge in [0, 0.05) is 5.56 Å². The second-order valence-corrected chi connectivity index (χ2v) is 4.51. The summed E-state index contributed by atoms with van der Waals surface area (Å²) >= 11 is 0. The fourth-order valence-electron chi connectivity index (χ4n) is 1.75. The standard InChI is InChI=1S/C17H14F2O2/c1-12-2-7-14(8-3-12)16(20)11-6-13-4-9-15(10-5-13)21-17(18)19/h2-11,17H,1H3/b11-6+. The molecule has 4 heteroatoms. The van der Waals surface area contributed by atoms with E-state index in [1.54, 1.807) is 30.3 Å². The van der Waals surface area contributed by atoms with Crippen molar-refractivity contribution < 1.29 is 18.3 Å². The molecule has 0 atom stereocenters. The maximum atomic E-state index is 12.0. The molecule has 21 heavy (non-hydrogen) atoms. The van der Waals surface area contributed by atoms with Gasteiger partial charge in [-0.05, 0) is 30.7 Å². The Kier molecular flexibility index (Phi) is 4.82.